The smallest absolute Gasteiger partial charge is 0.124 e. The fraction of sp³-hybridized carbons (Fsp3) is 0.300. The molecule has 1 heterocycles. The lowest BCUT2D eigenvalue weighted by atomic mass is 10.3. The summed E-state index contributed by atoms with van der Waals surface area (Å²) in [7, 11) is 3.60. The highest BCUT2D eigenvalue weighted by Crippen LogP contribution is 2.21. The SMILES string of the molecule is COc1ccc2c(c1)nc(CCl)n2C. The second-order valence-electron chi connectivity index (χ2n) is 3.08. The van der Waals surface area contributed by atoms with Crippen molar-refractivity contribution in [3.8, 4) is 5.75 Å². The fourth-order valence-electron chi connectivity index (χ4n) is 1.48. The van der Waals surface area contributed by atoms with E-state index in [1.807, 2.05) is 29.8 Å². The molecule has 0 atom stereocenters. The van der Waals surface area contributed by atoms with E-state index >= 15 is 0 Å². The Labute approximate surface area is 87.3 Å². The summed E-state index contributed by atoms with van der Waals surface area (Å²) in [4.78, 5) is 4.39. The van der Waals surface area contributed by atoms with E-state index in [9.17, 15) is 0 Å². The molecule has 3 nitrogen and oxygen atoms in total. The van der Waals surface area contributed by atoms with E-state index in [0.29, 0.717) is 5.88 Å². The molecule has 0 aliphatic carbocycles. The van der Waals surface area contributed by atoms with Crippen LogP contribution in [0.25, 0.3) is 11.0 Å². The van der Waals surface area contributed by atoms with Crippen LogP contribution < -0.4 is 4.74 Å². The highest BCUT2D eigenvalue weighted by Gasteiger charge is 2.06. The molecule has 0 radical (unpaired) electrons. The molecule has 74 valence electrons. The molecule has 0 spiro atoms. The number of hydrogen-bond donors (Lipinski definition) is 0. The highest BCUT2D eigenvalue weighted by atomic mass is 35.5. The van der Waals surface area contributed by atoms with Gasteiger partial charge in [-0.1, -0.05) is 0 Å². The molecule has 0 N–H and O–H groups in total. The molecular weight excluding hydrogens is 200 g/mol. The van der Waals surface area contributed by atoms with Crippen LogP contribution in [0.3, 0.4) is 0 Å². The summed E-state index contributed by atoms with van der Waals surface area (Å²) in [6, 6.07) is 5.81. The Morgan fingerprint density at radius 2 is 2.29 bits per heavy atom. The van der Waals surface area contributed by atoms with Crippen molar-refractivity contribution in [3.63, 3.8) is 0 Å². The minimum atomic E-state index is 0.424. The zero-order chi connectivity index (χ0) is 10.1. The number of halogens is 1. The lowest BCUT2D eigenvalue weighted by Gasteiger charge is -1.99. The van der Waals surface area contributed by atoms with Crippen LogP contribution in [-0.2, 0) is 12.9 Å². The number of benzene rings is 1. The third-order valence-corrected chi connectivity index (χ3v) is 2.54. The molecule has 0 amide bonds. The standard InChI is InChI=1S/C10H11ClN2O/c1-13-9-4-3-7(14-2)5-8(9)12-10(13)6-11/h3-5H,6H2,1-2H3. The molecule has 0 aliphatic heterocycles. The summed E-state index contributed by atoms with van der Waals surface area (Å²) in [5.74, 6) is 2.11. The minimum Gasteiger partial charge on any atom is -0.497 e. The average Bonchev–Trinajstić information content (AvgIpc) is 2.55. The van der Waals surface area contributed by atoms with Gasteiger partial charge in [0, 0.05) is 13.1 Å². The number of methoxy groups -OCH3 is 1. The first-order valence-corrected chi connectivity index (χ1v) is 4.85. The van der Waals surface area contributed by atoms with Crippen LogP contribution in [0.15, 0.2) is 18.2 Å². The molecule has 0 aliphatic rings. The first-order chi connectivity index (χ1) is 6.76. The monoisotopic (exact) mass is 210 g/mol. The van der Waals surface area contributed by atoms with Gasteiger partial charge in [0.05, 0.1) is 24.0 Å². The Morgan fingerprint density at radius 3 is 2.93 bits per heavy atom. The van der Waals surface area contributed by atoms with Gasteiger partial charge in [-0.2, -0.15) is 0 Å². The van der Waals surface area contributed by atoms with Gasteiger partial charge < -0.3 is 9.30 Å². The van der Waals surface area contributed by atoms with E-state index in [2.05, 4.69) is 4.98 Å². The van der Waals surface area contributed by atoms with Gasteiger partial charge in [-0.25, -0.2) is 4.98 Å². The molecule has 1 aromatic heterocycles. The van der Waals surface area contributed by atoms with Crippen molar-refractivity contribution in [2.45, 2.75) is 5.88 Å². The highest BCUT2D eigenvalue weighted by molar-refractivity contribution is 6.16. The summed E-state index contributed by atoms with van der Waals surface area (Å²) in [5.41, 5.74) is 1.99. The number of aromatic nitrogens is 2. The second kappa shape index (κ2) is 3.50. The Hall–Kier alpha value is -1.22. The van der Waals surface area contributed by atoms with E-state index < -0.39 is 0 Å². The second-order valence-corrected chi connectivity index (χ2v) is 3.34. The van der Waals surface area contributed by atoms with Crippen LogP contribution in [-0.4, -0.2) is 16.7 Å². The summed E-state index contributed by atoms with van der Waals surface area (Å²) in [5, 5.41) is 0. The third kappa shape index (κ3) is 1.34. The van der Waals surface area contributed by atoms with Crippen molar-refractivity contribution in [1.82, 2.24) is 9.55 Å². The number of alkyl halides is 1. The van der Waals surface area contributed by atoms with E-state index in [-0.39, 0.29) is 0 Å². The van der Waals surface area contributed by atoms with Crippen LogP contribution in [0.2, 0.25) is 0 Å². The Bertz CT molecular complexity index is 464. The zero-order valence-electron chi connectivity index (χ0n) is 8.12. The van der Waals surface area contributed by atoms with E-state index in [1.165, 1.54) is 0 Å². The molecule has 4 heteroatoms. The van der Waals surface area contributed by atoms with Gasteiger partial charge in [-0.05, 0) is 12.1 Å². The van der Waals surface area contributed by atoms with Crippen LogP contribution in [0.4, 0.5) is 0 Å². The van der Waals surface area contributed by atoms with Gasteiger partial charge in [0.25, 0.3) is 0 Å². The predicted molar refractivity (Wildman–Crippen MR) is 56.8 cm³/mol. The maximum absolute atomic E-state index is 5.76. The molecule has 2 aromatic rings. The molecule has 1 aromatic carbocycles. The first kappa shape index (κ1) is 9.34. The van der Waals surface area contributed by atoms with Crippen molar-refractivity contribution in [2.24, 2.45) is 7.05 Å². The molecular formula is C10H11ClN2O. The number of aryl methyl sites for hydroxylation is 1. The number of fused-ring (bicyclic) bond motifs is 1. The van der Waals surface area contributed by atoms with Crippen LogP contribution in [0, 0.1) is 0 Å². The van der Waals surface area contributed by atoms with E-state index in [1.54, 1.807) is 7.11 Å². The minimum absolute atomic E-state index is 0.424. The van der Waals surface area contributed by atoms with Gasteiger partial charge in [-0.3, -0.25) is 0 Å². The maximum atomic E-state index is 5.76. The van der Waals surface area contributed by atoms with Crippen molar-refractivity contribution in [3.05, 3.63) is 24.0 Å². The maximum Gasteiger partial charge on any atom is 0.124 e. The lowest BCUT2D eigenvalue weighted by molar-refractivity contribution is 0.415. The number of ether oxygens (including phenoxy) is 1. The molecule has 0 bridgehead atoms. The Kier molecular flexibility index (Phi) is 2.33. The number of hydrogen-bond acceptors (Lipinski definition) is 2. The largest absolute Gasteiger partial charge is 0.497 e. The zero-order valence-corrected chi connectivity index (χ0v) is 8.88. The summed E-state index contributed by atoms with van der Waals surface area (Å²) < 4.78 is 7.11. The Balaban J connectivity index is 2.66. The Morgan fingerprint density at radius 1 is 1.50 bits per heavy atom. The molecule has 0 fully saturated rings. The lowest BCUT2D eigenvalue weighted by Crippen LogP contribution is -1.93. The van der Waals surface area contributed by atoms with Crippen molar-refractivity contribution >= 4 is 22.6 Å². The predicted octanol–water partition coefficient (Wildman–Crippen LogP) is 2.32. The van der Waals surface area contributed by atoms with Crippen LogP contribution in [0.1, 0.15) is 5.82 Å². The quantitative estimate of drug-likeness (QED) is 0.712. The van der Waals surface area contributed by atoms with Gasteiger partial charge in [-0.15, -0.1) is 11.6 Å². The average molecular weight is 211 g/mol. The number of imidazole rings is 1. The van der Waals surface area contributed by atoms with Crippen molar-refractivity contribution in [1.29, 1.82) is 0 Å². The summed E-state index contributed by atoms with van der Waals surface area (Å²) in [6.45, 7) is 0. The first-order valence-electron chi connectivity index (χ1n) is 4.31. The fourth-order valence-corrected chi connectivity index (χ4v) is 1.72. The van der Waals surface area contributed by atoms with Crippen LogP contribution >= 0.6 is 11.6 Å². The van der Waals surface area contributed by atoms with Gasteiger partial charge >= 0.3 is 0 Å². The van der Waals surface area contributed by atoms with Crippen molar-refractivity contribution in [2.75, 3.05) is 7.11 Å². The van der Waals surface area contributed by atoms with Gasteiger partial charge in [0.15, 0.2) is 0 Å². The molecule has 0 unspecified atom stereocenters. The summed E-state index contributed by atoms with van der Waals surface area (Å²) in [6.07, 6.45) is 0. The topological polar surface area (TPSA) is 27.1 Å². The number of rotatable bonds is 2. The van der Waals surface area contributed by atoms with Gasteiger partial charge in [0.2, 0.25) is 0 Å². The molecule has 0 saturated carbocycles. The van der Waals surface area contributed by atoms with E-state index in [4.69, 9.17) is 16.3 Å². The molecule has 14 heavy (non-hydrogen) atoms. The van der Waals surface area contributed by atoms with Crippen molar-refractivity contribution < 1.29 is 4.74 Å². The third-order valence-electron chi connectivity index (χ3n) is 2.30. The van der Waals surface area contributed by atoms with Crippen LogP contribution in [0.5, 0.6) is 5.75 Å². The number of nitrogens with zero attached hydrogens (tertiary/aromatic N) is 2. The molecule has 0 saturated heterocycles. The summed E-state index contributed by atoms with van der Waals surface area (Å²) >= 11 is 5.76. The normalized spacial score (nSPS) is 10.8. The van der Waals surface area contributed by atoms with Gasteiger partial charge in [0.1, 0.15) is 11.6 Å². The molecule has 2 rings (SSSR count). The van der Waals surface area contributed by atoms with E-state index in [0.717, 1.165) is 22.6 Å².